The molecule has 2 heterocycles. The number of aromatic nitrogens is 1. The first-order valence-corrected chi connectivity index (χ1v) is 9.48. The standard InChI is InChI=1S/C23H21N3O4/c1-29-19-11-17(12-20(14-19)30-2)22(27)25-18-4-3-15-7-10-26(21(15)13-18)23(28)16-5-8-24-9-6-16/h3-6,8-9,11-14H,7,10H2,1-2H3,(H,25,27). The fourth-order valence-corrected chi connectivity index (χ4v) is 3.46. The minimum atomic E-state index is -0.294. The van der Waals surface area contributed by atoms with Crippen LogP contribution in [0.15, 0.2) is 60.9 Å². The van der Waals surface area contributed by atoms with Crippen molar-refractivity contribution in [2.45, 2.75) is 6.42 Å². The van der Waals surface area contributed by atoms with Gasteiger partial charge in [0.15, 0.2) is 0 Å². The average molecular weight is 403 g/mol. The number of amides is 2. The lowest BCUT2D eigenvalue weighted by molar-refractivity contribution is 0.0988. The zero-order valence-electron chi connectivity index (χ0n) is 16.7. The first-order valence-electron chi connectivity index (χ1n) is 9.48. The van der Waals surface area contributed by atoms with Gasteiger partial charge in [0.25, 0.3) is 11.8 Å². The molecule has 2 amide bonds. The number of nitrogens with zero attached hydrogens (tertiary/aromatic N) is 2. The number of hydrogen-bond donors (Lipinski definition) is 1. The van der Waals surface area contributed by atoms with Gasteiger partial charge in [0.2, 0.25) is 0 Å². The summed E-state index contributed by atoms with van der Waals surface area (Å²) in [6, 6.07) is 14.0. The van der Waals surface area contributed by atoms with Gasteiger partial charge in [-0.25, -0.2) is 0 Å². The van der Waals surface area contributed by atoms with E-state index in [1.807, 2.05) is 18.2 Å². The number of benzene rings is 2. The quantitative estimate of drug-likeness (QED) is 0.705. The molecule has 0 fully saturated rings. The van der Waals surface area contributed by atoms with E-state index in [9.17, 15) is 9.59 Å². The molecule has 1 aromatic heterocycles. The van der Waals surface area contributed by atoms with Crippen molar-refractivity contribution < 1.29 is 19.1 Å². The third-order valence-electron chi connectivity index (χ3n) is 5.02. The number of methoxy groups -OCH3 is 2. The predicted octanol–water partition coefficient (Wildman–Crippen LogP) is 3.55. The van der Waals surface area contributed by atoms with Gasteiger partial charge in [-0.3, -0.25) is 14.6 Å². The number of fused-ring (bicyclic) bond motifs is 1. The molecule has 0 saturated heterocycles. The zero-order chi connectivity index (χ0) is 21.1. The highest BCUT2D eigenvalue weighted by Gasteiger charge is 2.26. The smallest absolute Gasteiger partial charge is 0.258 e. The Kier molecular flexibility index (Phi) is 5.34. The highest BCUT2D eigenvalue weighted by Crippen LogP contribution is 2.32. The van der Waals surface area contributed by atoms with E-state index in [2.05, 4.69) is 10.3 Å². The molecule has 0 radical (unpaired) electrons. The van der Waals surface area contributed by atoms with Crippen LogP contribution in [-0.4, -0.2) is 37.6 Å². The third kappa shape index (κ3) is 3.82. The Hall–Kier alpha value is -3.87. The van der Waals surface area contributed by atoms with Crippen LogP contribution in [0.25, 0.3) is 0 Å². The molecule has 1 N–H and O–H groups in total. The van der Waals surface area contributed by atoms with Crippen LogP contribution in [0.3, 0.4) is 0 Å². The van der Waals surface area contributed by atoms with Gasteiger partial charge in [0, 0.05) is 47.5 Å². The van der Waals surface area contributed by atoms with Crippen LogP contribution in [-0.2, 0) is 6.42 Å². The Morgan fingerprint density at radius 2 is 1.63 bits per heavy atom. The van der Waals surface area contributed by atoms with Crippen LogP contribution in [0.4, 0.5) is 11.4 Å². The molecule has 3 aromatic rings. The molecule has 2 aromatic carbocycles. The highest BCUT2D eigenvalue weighted by atomic mass is 16.5. The first kappa shape index (κ1) is 19.4. The van der Waals surface area contributed by atoms with Gasteiger partial charge >= 0.3 is 0 Å². The van der Waals surface area contributed by atoms with Gasteiger partial charge in [0.1, 0.15) is 11.5 Å². The second kappa shape index (κ2) is 8.24. The third-order valence-corrected chi connectivity index (χ3v) is 5.02. The van der Waals surface area contributed by atoms with Gasteiger partial charge in [-0.2, -0.15) is 0 Å². The summed E-state index contributed by atoms with van der Waals surface area (Å²) in [6.07, 6.45) is 3.97. The maximum atomic E-state index is 12.9. The summed E-state index contributed by atoms with van der Waals surface area (Å²) >= 11 is 0. The number of hydrogen-bond acceptors (Lipinski definition) is 5. The predicted molar refractivity (Wildman–Crippen MR) is 114 cm³/mol. The van der Waals surface area contributed by atoms with Crippen molar-refractivity contribution in [2.75, 3.05) is 31.0 Å². The molecule has 152 valence electrons. The Labute approximate surface area is 174 Å². The maximum absolute atomic E-state index is 12.9. The number of anilines is 2. The van der Waals surface area contributed by atoms with Crippen LogP contribution in [0.1, 0.15) is 26.3 Å². The Morgan fingerprint density at radius 3 is 2.30 bits per heavy atom. The lowest BCUT2D eigenvalue weighted by Crippen LogP contribution is -2.28. The normalized spacial score (nSPS) is 12.3. The van der Waals surface area contributed by atoms with Gasteiger partial charge in [-0.05, 0) is 48.4 Å². The molecule has 30 heavy (non-hydrogen) atoms. The number of rotatable bonds is 5. The number of carbonyl (C=O) groups excluding carboxylic acids is 2. The van der Waals surface area contributed by atoms with Crippen molar-refractivity contribution in [3.63, 3.8) is 0 Å². The van der Waals surface area contributed by atoms with Gasteiger partial charge in [-0.1, -0.05) is 6.07 Å². The number of ether oxygens (including phenoxy) is 2. The Morgan fingerprint density at radius 1 is 0.933 bits per heavy atom. The van der Waals surface area contributed by atoms with Crippen molar-refractivity contribution >= 4 is 23.2 Å². The van der Waals surface area contributed by atoms with Crippen molar-refractivity contribution in [1.82, 2.24) is 4.98 Å². The second-order valence-corrected chi connectivity index (χ2v) is 6.84. The Balaban J connectivity index is 1.58. The maximum Gasteiger partial charge on any atom is 0.258 e. The number of nitrogens with one attached hydrogen (secondary N) is 1. The molecule has 7 heteroatoms. The first-order chi connectivity index (χ1) is 14.6. The number of pyridine rings is 1. The molecule has 0 atom stereocenters. The van der Waals surface area contributed by atoms with E-state index >= 15 is 0 Å². The molecular weight excluding hydrogens is 382 g/mol. The van der Waals surface area contributed by atoms with Gasteiger partial charge < -0.3 is 19.7 Å². The minimum Gasteiger partial charge on any atom is -0.497 e. The molecule has 0 unspecified atom stereocenters. The van der Waals surface area contributed by atoms with Gasteiger partial charge in [0.05, 0.1) is 14.2 Å². The Bertz CT molecular complexity index is 1080. The summed E-state index contributed by atoms with van der Waals surface area (Å²) in [5, 5.41) is 2.89. The van der Waals surface area contributed by atoms with E-state index in [1.54, 1.807) is 47.6 Å². The van der Waals surface area contributed by atoms with Gasteiger partial charge in [-0.15, -0.1) is 0 Å². The molecule has 1 aliphatic rings. The van der Waals surface area contributed by atoms with E-state index < -0.39 is 0 Å². The lowest BCUT2D eigenvalue weighted by atomic mass is 10.1. The summed E-state index contributed by atoms with van der Waals surface area (Å²) < 4.78 is 10.5. The van der Waals surface area contributed by atoms with E-state index in [-0.39, 0.29) is 11.8 Å². The summed E-state index contributed by atoms with van der Waals surface area (Å²) in [5.74, 6) is 0.680. The molecule has 7 nitrogen and oxygen atoms in total. The monoisotopic (exact) mass is 403 g/mol. The molecule has 0 aliphatic carbocycles. The largest absolute Gasteiger partial charge is 0.497 e. The lowest BCUT2D eigenvalue weighted by Gasteiger charge is -2.18. The molecule has 1 aliphatic heterocycles. The topological polar surface area (TPSA) is 80.8 Å². The van der Waals surface area contributed by atoms with Crippen LogP contribution in [0.5, 0.6) is 11.5 Å². The number of carbonyl (C=O) groups is 2. The van der Waals surface area contributed by atoms with Crippen molar-refractivity contribution in [2.24, 2.45) is 0 Å². The van der Waals surface area contributed by atoms with Crippen LogP contribution < -0.4 is 19.7 Å². The van der Waals surface area contributed by atoms with Crippen LogP contribution >= 0.6 is 0 Å². The zero-order valence-corrected chi connectivity index (χ0v) is 16.7. The molecule has 4 rings (SSSR count). The fraction of sp³-hybridized carbons (Fsp3) is 0.174. The summed E-state index contributed by atoms with van der Waals surface area (Å²) in [6.45, 7) is 0.598. The van der Waals surface area contributed by atoms with E-state index in [0.29, 0.717) is 34.9 Å². The molecule has 0 bridgehead atoms. The average Bonchev–Trinajstić information content (AvgIpc) is 3.22. The van der Waals surface area contributed by atoms with Crippen LogP contribution in [0, 0.1) is 0 Å². The molecular formula is C23H21N3O4. The second-order valence-electron chi connectivity index (χ2n) is 6.84. The van der Waals surface area contributed by atoms with E-state index in [1.165, 1.54) is 14.2 Å². The van der Waals surface area contributed by atoms with E-state index in [4.69, 9.17) is 9.47 Å². The summed E-state index contributed by atoms with van der Waals surface area (Å²) in [5.41, 5.74) is 3.47. The van der Waals surface area contributed by atoms with E-state index in [0.717, 1.165) is 17.7 Å². The van der Waals surface area contributed by atoms with Crippen molar-refractivity contribution in [3.05, 3.63) is 77.6 Å². The summed E-state index contributed by atoms with van der Waals surface area (Å²) in [4.78, 5) is 31.4. The fourth-order valence-electron chi connectivity index (χ4n) is 3.46. The highest BCUT2D eigenvalue weighted by molar-refractivity contribution is 6.08. The molecule has 0 spiro atoms. The van der Waals surface area contributed by atoms with Crippen molar-refractivity contribution in [1.29, 1.82) is 0 Å². The van der Waals surface area contributed by atoms with Crippen molar-refractivity contribution in [3.8, 4) is 11.5 Å². The summed E-state index contributed by atoms with van der Waals surface area (Å²) in [7, 11) is 3.07. The van der Waals surface area contributed by atoms with Crippen LogP contribution in [0.2, 0.25) is 0 Å². The minimum absolute atomic E-state index is 0.0860. The SMILES string of the molecule is COc1cc(OC)cc(C(=O)Nc2ccc3c(c2)N(C(=O)c2ccncc2)CC3)c1. The molecule has 0 saturated carbocycles.